The third kappa shape index (κ3) is 4.66. The van der Waals surface area contributed by atoms with E-state index in [1.165, 1.54) is 12.1 Å². The van der Waals surface area contributed by atoms with Gasteiger partial charge in [0.15, 0.2) is 11.6 Å². The highest BCUT2D eigenvalue weighted by Gasteiger charge is 2.12. The van der Waals surface area contributed by atoms with Crippen molar-refractivity contribution in [1.29, 1.82) is 0 Å². The summed E-state index contributed by atoms with van der Waals surface area (Å²) in [4.78, 5) is 16.4. The highest BCUT2D eigenvalue weighted by molar-refractivity contribution is 5.92. The molecule has 1 amide bonds. The summed E-state index contributed by atoms with van der Waals surface area (Å²) in [7, 11) is 0. The third-order valence-electron chi connectivity index (χ3n) is 3.99. The molecule has 27 heavy (non-hydrogen) atoms. The van der Waals surface area contributed by atoms with E-state index in [-0.39, 0.29) is 24.0 Å². The lowest BCUT2D eigenvalue weighted by Crippen LogP contribution is -2.23. The number of hydrogen-bond acceptors (Lipinski definition) is 4. The Bertz CT molecular complexity index is 972. The van der Waals surface area contributed by atoms with Crippen LogP contribution in [-0.2, 0) is 13.2 Å². The maximum absolute atomic E-state index is 13.5. The van der Waals surface area contributed by atoms with Gasteiger partial charge in [0, 0.05) is 24.5 Å². The van der Waals surface area contributed by atoms with E-state index in [0.717, 1.165) is 29.0 Å². The van der Waals surface area contributed by atoms with Crippen LogP contribution in [0.2, 0.25) is 0 Å². The van der Waals surface area contributed by atoms with E-state index in [2.05, 4.69) is 20.5 Å². The molecule has 0 spiro atoms. The van der Waals surface area contributed by atoms with Gasteiger partial charge in [-0.05, 0) is 43.2 Å². The van der Waals surface area contributed by atoms with Crippen molar-refractivity contribution in [1.82, 2.24) is 20.5 Å². The lowest BCUT2D eigenvalue weighted by atomic mass is 10.1. The van der Waals surface area contributed by atoms with Crippen LogP contribution < -0.4 is 10.1 Å². The first-order chi connectivity index (χ1) is 12.9. The molecule has 1 aromatic carbocycles. The summed E-state index contributed by atoms with van der Waals surface area (Å²) < 4.78 is 31.7. The number of hydrogen-bond donors (Lipinski definition) is 2. The molecule has 0 fully saturated rings. The van der Waals surface area contributed by atoms with Crippen molar-refractivity contribution >= 4 is 5.91 Å². The fourth-order valence-corrected chi connectivity index (χ4v) is 2.37. The number of aromatic nitrogens is 3. The molecule has 0 radical (unpaired) electrons. The predicted molar refractivity (Wildman–Crippen MR) is 94.2 cm³/mol. The van der Waals surface area contributed by atoms with E-state index < -0.39 is 11.6 Å². The van der Waals surface area contributed by atoms with E-state index >= 15 is 0 Å². The van der Waals surface area contributed by atoms with Crippen LogP contribution in [0.25, 0.3) is 0 Å². The zero-order chi connectivity index (χ0) is 19.4. The van der Waals surface area contributed by atoms with Crippen LogP contribution in [0.3, 0.4) is 0 Å². The van der Waals surface area contributed by atoms with Crippen LogP contribution in [0.15, 0.2) is 36.5 Å². The van der Waals surface area contributed by atoms with Crippen molar-refractivity contribution in [2.24, 2.45) is 0 Å². The largest absolute Gasteiger partial charge is 0.484 e. The number of pyridine rings is 1. The summed E-state index contributed by atoms with van der Waals surface area (Å²) in [5.74, 6) is -1.92. The van der Waals surface area contributed by atoms with Crippen LogP contribution in [0, 0.1) is 25.5 Å². The van der Waals surface area contributed by atoms with Gasteiger partial charge in [-0.25, -0.2) is 8.78 Å². The molecular formula is C19H18F2N4O2. The molecule has 8 heteroatoms. The van der Waals surface area contributed by atoms with Crippen molar-refractivity contribution in [3.63, 3.8) is 0 Å². The number of nitrogens with one attached hydrogen (secondary N) is 2. The second-order valence-electron chi connectivity index (χ2n) is 6.07. The molecule has 6 nitrogen and oxygen atoms in total. The van der Waals surface area contributed by atoms with Gasteiger partial charge in [-0.15, -0.1) is 0 Å². The Morgan fingerprint density at radius 1 is 1.22 bits per heavy atom. The molecule has 3 aromatic rings. The smallest absolute Gasteiger partial charge is 0.272 e. The quantitative estimate of drug-likeness (QED) is 0.696. The van der Waals surface area contributed by atoms with Crippen molar-refractivity contribution in [2.75, 3.05) is 0 Å². The summed E-state index contributed by atoms with van der Waals surface area (Å²) in [6.45, 7) is 4.16. The Hall–Kier alpha value is -3.29. The number of carbonyl (C=O) groups excluding carboxylic acids is 1. The molecule has 2 heterocycles. The number of ether oxygens (including phenoxy) is 1. The van der Waals surface area contributed by atoms with E-state index in [1.807, 2.05) is 19.9 Å². The summed E-state index contributed by atoms with van der Waals surface area (Å²) in [6.07, 6.45) is 1.71. The lowest BCUT2D eigenvalue weighted by molar-refractivity contribution is 0.0946. The Labute approximate surface area is 154 Å². The number of amides is 1. The monoisotopic (exact) mass is 372 g/mol. The van der Waals surface area contributed by atoms with Gasteiger partial charge < -0.3 is 10.1 Å². The van der Waals surface area contributed by atoms with Crippen molar-refractivity contribution < 1.29 is 18.3 Å². The highest BCUT2D eigenvalue weighted by Crippen LogP contribution is 2.18. The normalized spacial score (nSPS) is 10.7. The maximum Gasteiger partial charge on any atom is 0.272 e. The Morgan fingerprint density at radius 3 is 2.78 bits per heavy atom. The van der Waals surface area contributed by atoms with E-state index in [4.69, 9.17) is 4.74 Å². The summed E-state index contributed by atoms with van der Waals surface area (Å²) in [5.41, 5.74) is 3.55. The summed E-state index contributed by atoms with van der Waals surface area (Å²) in [6, 6.07) is 6.51. The van der Waals surface area contributed by atoms with Crippen LogP contribution >= 0.6 is 0 Å². The van der Waals surface area contributed by atoms with Gasteiger partial charge in [0.25, 0.3) is 5.91 Å². The molecule has 0 aliphatic rings. The number of rotatable bonds is 6. The Morgan fingerprint density at radius 2 is 2.04 bits per heavy atom. The van der Waals surface area contributed by atoms with Crippen molar-refractivity contribution in [3.8, 4) is 5.75 Å². The minimum absolute atomic E-state index is 0.0378. The molecular weight excluding hydrogens is 354 g/mol. The average Bonchev–Trinajstić information content (AvgIpc) is 3.11. The molecule has 0 saturated carbocycles. The molecule has 2 N–H and O–H groups in total. The third-order valence-corrected chi connectivity index (χ3v) is 3.99. The summed E-state index contributed by atoms with van der Waals surface area (Å²) >= 11 is 0. The average molecular weight is 372 g/mol. The van der Waals surface area contributed by atoms with Crippen LogP contribution in [0.5, 0.6) is 5.75 Å². The van der Waals surface area contributed by atoms with Gasteiger partial charge in [-0.3, -0.25) is 14.9 Å². The Kier molecular flexibility index (Phi) is 5.44. The first kappa shape index (κ1) is 18.5. The second kappa shape index (κ2) is 7.94. The Balaban J connectivity index is 1.56. The topological polar surface area (TPSA) is 79.9 Å². The number of carbonyl (C=O) groups is 1. The van der Waals surface area contributed by atoms with Crippen LogP contribution in [0.1, 0.15) is 33.0 Å². The van der Waals surface area contributed by atoms with E-state index in [1.54, 1.807) is 6.20 Å². The fourth-order valence-electron chi connectivity index (χ4n) is 2.37. The second-order valence-corrected chi connectivity index (χ2v) is 6.07. The number of aromatic amines is 1. The first-order valence-corrected chi connectivity index (χ1v) is 8.25. The zero-order valence-electron chi connectivity index (χ0n) is 14.8. The number of H-pyrrole nitrogens is 1. The molecule has 2 aromatic heterocycles. The summed E-state index contributed by atoms with van der Waals surface area (Å²) in [5, 5.41) is 9.34. The van der Waals surface area contributed by atoms with E-state index in [9.17, 15) is 13.6 Å². The van der Waals surface area contributed by atoms with Gasteiger partial charge in [-0.2, -0.15) is 5.10 Å². The molecule has 0 aliphatic carbocycles. The molecule has 0 unspecified atom stereocenters. The standard InChI is InChI=1S/C19H18F2N4O2/c1-11-5-13(8-22-12(11)2)9-23-19(26)17-7-15(24-25-17)10-27-18-4-3-14(20)6-16(18)21/h3-8H,9-10H2,1-2H3,(H,23,26)(H,24,25). The number of nitrogens with zero attached hydrogens (tertiary/aromatic N) is 2. The molecule has 140 valence electrons. The number of benzene rings is 1. The van der Waals surface area contributed by atoms with Crippen LogP contribution in [-0.4, -0.2) is 21.1 Å². The van der Waals surface area contributed by atoms with Gasteiger partial charge in [0.05, 0.1) is 5.69 Å². The first-order valence-electron chi connectivity index (χ1n) is 8.25. The van der Waals surface area contributed by atoms with E-state index in [0.29, 0.717) is 12.2 Å². The molecule has 0 bridgehead atoms. The number of aryl methyl sites for hydroxylation is 2. The minimum atomic E-state index is -0.797. The molecule has 0 atom stereocenters. The van der Waals surface area contributed by atoms with Crippen molar-refractivity contribution in [2.45, 2.75) is 27.0 Å². The number of halogens is 2. The van der Waals surface area contributed by atoms with Crippen LogP contribution in [0.4, 0.5) is 8.78 Å². The minimum Gasteiger partial charge on any atom is -0.484 e. The molecule has 0 saturated heterocycles. The van der Waals surface area contributed by atoms with Crippen molar-refractivity contribution in [3.05, 3.63) is 76.4 Å². The lowest BCUT2D eigenvalue weighted by Gasteiger charge is -2.06. The van der Waals surface area contributed by atoms with Gasteiger partial charge in [0.1, 0.15) is 18.1 Å². The fraction of sp³-hybridized carbons (Fsp3) is 0.211. The van der Waals surface area contributed by atoms with Gasteiger partial charge in [-0.1, -0.05) is 6.07 Å². The zero-order valence-corrected chi connectivity index (χ0v) is 14.8. The predicted octanol–water partition coefficient (Wildman–Crippen LogP) is 3.21. The molecule has 0 aliphatic heterocycles. The maximum atomic E-state index is 13.5. The van der Waals surface area contributed by atoms with Gasteiger partial charge >= 0.3 is 0 Å². The highest BCUT2D eigenvalue weighted by atomic mass is 19.1. The molecule has 3 rings (SSSR count). The van der Waals surface area contributed by atoms with Gasteiger partial charge in [0.2, 0.25) is 0 Å². The SMILES string of the molecule is Cc1cc(CNC(=O)c2cc(COc3ccc(F)cc3F)[nH]n2)cnc1C.